The monoisotopic (exact) mass is 322 g/mol. The smallest absolute Gasteiger partial charge is 0.189 e. The molecule has 0 radical (unpaired) electrons. The van der Waals surface area contributed by atoms with Gasteiger partial charge in [-0.25, -0.2) is 0 Å². The van der Waals surface area contributed by atoms with Crippen LogP contribution in [-0.2, 0) is 6.42 Å². The average molecular weight is 322 g/mol. The number of carbonyl (C=O) groups is 1. The standard InChI is InChI=1S/C21H22O3/c1-13-9-14(2)17-7-6-16(21(22)18(17)10-13)11-15-5-8-19(23-3)20(12-15)24-4/h5,8-12H,6-7H2,1-4H3. The van der Waals surface area contributed by atoms with E-state index in [1.54, 1.807) is 14.2 Å². The van der Waals surface area contributed by atoms with Crippen LogP contribution in [0.15, 0.2) is 35.9 Å². The first-order valence-corrected chi connectivity index (χ1v) is 8.11. The Morgan fingerprint density at radius 1 is 0.958 bits per heavy atom. The molecule has 0 saturated heterocycles. The Bertz CT molecular complexity index is 831. The van der Waals surface area contributed by atoms with E-state index in [1.807, 2.05) is 37.3 Å². The first-order chi connectivity index (χ1) is 11.5. The maximum Gasteiger partial charge on any atom is 0.189 e. The Balaban J connectivity index is 1.99. The van der Waals surface area contributed by atoms with E-state index in [2.05, 4.69) is 13.0 Å². The maximum atomic E-state index is 12.9. The molecule has 0 atom stereocenters. The van der Waals surface area contributed by atoms with Gasteiger partial charge in [0, 0.05) is 11.1 Å². The summed E-state index contributed by atoms with van der Waals surface area (Å²) in [4.78, 5) is 12.9. The molecule has 0 aliphatic heterocycles. The lowest BCUT2D eigenvalue weighted by molar-refractivity contribution is 0.102. The molecular weight excluding hydrogens is 300 g/mol. The summed E-state index contributed by atoms with van der Waals surface area (Å²) in [5, 5.41) is 0. The Kier molecular flexibility index (Phi) is 4.43. The van der Waals surface area contributed by atoms with Crippen molar-refractivity contribution in [3.8, 4) is 11.5 Å². The first-order valence-electron chi connectivity index (χ1n) is 8.11. The molecule has 0 spiro atoms. The van der Waals surface area contributed by atoms with Crippen molar-refractivity contribution in [2.24, 2.45) is 0 Å². The number of hydrogen-bond donors (Lipinski definition) is 0. The molecule has 124 valence electrons. The van der Waals surface area contributed by atoms with Crippen LogP contribution in [0.3, 0.4) is 0 Å². The summed E-state index contributed by atoms with van der Waals surface area (Å²) >= 11 is 0. The zero-order chi connectivity index (χ0) is 17.3. The largest absolute Gasteiger partial charge is 0.493 e. The van der Waals surface area contributed by atoms with Crippen molar-refractivity contribution in [3.63, 3.8) is 0 Å². The fourth-order valence-corrected chi connectivity index (χ4v) is 3.36. The van der Waals surface area contributed by atoms with Crippen LogP contribution in [0.25, 0.3) is 6.08 Å². The molecule has 3 nitrogen and oxygen atoms in total. The molecule has 3 heteroatoms. The van der Waals surface area contributed by atoms with Gasteiger partial charge in [-0.3, -0.25) is 4.79 Å². The van der Waals surface area contributed by atoms with Crippen molar-refractivity contribution < 1.29 is 14.3 Å². The van der Waals surface area contributed by atoms with Crippen LogP contribution in [0.1, 0.15) is 39.0 Å². The van der Waals surface area contributed by atoms with E-state index >= 15 is 0 Å². The molecule has 24 heavy (non-hydrogen) atoms. The predicted octanol–water partition coefficient (Wildman–Crippen LogP) is 4.53. The highest BCUT2D eigenvalue weighted by Crippen LogP contribution is 2.32. The topological polar surface area (TPSA) is 35.5 Å². The minimum Gasteiger partial charge on any atom is -0.493 e. The number of benzene rings is 2. The number of methoxy groups -OCH3 is 2. The van der Waals surface area contributed by atoms with E-state index < -0.39 is 0 Å². The second-order valence-corrected chi connectivity index (χ2v) is 6.22. The number of Topliss-reactive ketones (excluding diaryl/α,β-unsaturated/α-hetero) is 1. The summed E-state index contributed by atoms with van der Waals surface area (Å²) < 4.78 is 10.6. The molecule has 3 rings (SSSR count). The van der Waals surface area contributed by atoms with Crippen LogP contribution < -0.4 is 9.47 Å². The Morgan fingerprint density at radius 3 is 2.42 bits per heavy atom. The summed E-state index contributed by atoms with van der Waals surface area (Å²) in [5.41, 5.74) is 6.18. The third kappa shape index (κ3) is 2.94. The summed E-state index contributed by atoms with van der Waals surface area (Å²) in [6, 6.07) is 9.86. The molecule has 0 heterocycles. The van der Waals surface area contributed by atoms with Gasteiger partial charge in [-0.15, -0.1) is 0 Å². The SMILES string of the molecule is COc1ccc(C=C2CCc3c(C)cc(C)cc3C2=O)cc1OC. The molecule has 2 aromatic rings. The Morgan fingerprint density at radius 2 is 1.71 bits per heavy atom. The van der Waals surface area contributed by atoms with Crippen LogP contribution in [0.4, 0.5) is 0 Å². The lowest BCUT2D eigenvalue weighted by atomic mass is 9.83. The average Bonchev–Trinajstić information content (AvgIpc) is 2.57. The zero-order valence-electron chi connectivity index (χ0n) is 14.6. The van der Waals surface area contributed by atoms with Crippen LogP contribution in [0.2, 0.25) is 0 Å². The van der Waals surface area contributed by atoms with Crippen molar-refractivity contribution in [2.45, 2.75) is 26.7 Å². The van der Waals surface area contributed by atoms with Gasteiger partial charge in [0.1, 0.15) is 0 Å². The highest BCUT2D eigenvalue weighted by atomic mass is 16.5. The van der Waals surface area contributed by atoms with Crippen molar-refractivity contribution >= 4 is 11.9 Å². The molecule has 1 aliphatic rings. The highest BCUT2D eigenvalue weighted by molar-refractivity contribution is 6.13. The normalized spacial score (nSPS) is 15.3. The van der Waals surface area contributed by atoms with E-state index in [-0.39, 0.29) is 5.78 Å². The number of allylic oxidation sites excluding steroid dienone is 1. The third-order valence-electron chi connectivity index (χ3n) is 4.55. The van der Waals surface area contributed by atoms with E-state index in [0.29, 0.717) is 11.5 Å². The van der Waals surface area contributed by atoms with E-state index in [0.717, 1.165) is 35.1 Å². The predicted molar refractivity (Wildman–Crippen MR) is 96.1 cm³/mol. The van der Waals surface area contributed by atoms with Gasteiger partial charge in [0.2, 0.25) is 0 Å². The number of fused-ring (bicyclic) bond motifs is 1. The van der Waals surface area contributed by atoms with Crippen LogP contribution in [0, 0.1) is 13.8 Å². The number of rotatable bonds is 3. The number of aryl methyl sites for hydroxylation is 2. The fraction of sp³-hybridized carbons (Fsp3) is 0.286. The number of ether oxygens (including phenoxy) is 2. The molecule has 0 saturated carbocycles. The van der Waals surface area contributed by atoms with Crippen molar-refractivity contribution in [1.29, 1.82) is 0 Å². The summed E-state index contributed by atoms with van der Waals surface area (Å²) in [5.74, 6) is 1.49. The summed E-state index contributed by atoms with van der Waals surface area (Å²) in [7, 11) is 3.23. The molecule has 0 fully saturated rings. The summed E-state index contributed by atoms with van der Waals surface area (Å²) in [6.07, 6.45) is 3.64. The Hall–Kier alpha value is -2.55. The zero-order valence-corrected chi connectivity index (χ0v) is 14.6. The van der Waals surface area contributed by atoms with Crippen molar-refractivity contribution in [3.05, 3.63) is 63.7 Å². The maximum absolute atomic E-state index is 12.9. The van der Waals surface area contributed by atoms with Crippen molar-refractivity contribution in [2.75, 3.05) is 14.2 Å². The lowest BCUT2D eigenvalue weighted by Crippen LogP contribution is -2.15. The van der Waals surface area contributed by atoms with Crippen LogP contribution >= 0.6 is 0 Å². The first kappa shape index (κ1) is 16.3. The minimum atomic E-state index is 0.137. The number of carbonyl (C=O) groups excluding carboxylic acids is 1. The molecule has 0 amide bonds. The van der Waals surface area contributed by atoms with E-state index in [1.165, 1.54) is 11.1 Å². The van der Waals surface area contributed by atoms with Crippen LogP contribution in [0.5, 0.6) is 11.5 Å². The minimum absolute atomic E-state index is 0.137. The molecule has 0 N–H and O–H groups in total. The van der Waals surface area contributed by atoms with Gasteiger partial charge >= 0.3 is 0 Å². The third-order valence-corrected chi connectivity index (χ3v) is 4.55. The van der Waals surface area contributed by atoms with Gasteiger partial charge in [-0.2, -0.15) is 0 Å². The second kappa shape index (κ2) is 6.52. The van der Waals surface area contributed by atoms with Gasteiger partial charge < -0.3 is 9.47 Å². The molecular formula is C21H22O3. The number of ketones is 1. The van der Waals surface area contributed by atoms with Crippen molar-refractivity contribution in [1.82, 2.24) is 0 Å². The molecule has 0 aromatic heterocycles. The van der Waals surface area contributed by atoms with Gasteiger partial charge in [-0.1, -0.05) is 17.7 Å². The highest BCUT2D eigenvalue weighted by Gasteiger charge is 2.23. The van der Waals surface area contributed by atoms with Gasteiger partial charge in [-0.05, 0) is 67.7 Å². The van der Waals surface area contributed by atoms with Crippen LogP contribution in [-0.4, -0.2) is 20.0 Å². The molecule has 2 aromatic carbocycles. The molecule has 0 bridgehead atoms. The quantitative estimate of drug-likeness (QED) is 0.779. The van der Waals surface area contributed by atoms with Gasteiger partial charge in [0.05, 0.1) is 14.2 Å². The second-order valence-electron chi connectivity index (χ2n) is 6.22. The van der Waals surface area contributed by atoms with Gasteiger partial charge in [0.15, 0.2) is 17.3 Å². The van der Waals surface area contributed by atoms with Gasteiger partial charge in [0.25, 0.3) is 0 Å². The Labute approximate surface area is 142 Å². The summed E-state index contributed by atoms with van der Waals surface area (Å²) in [6.45, 7) is 4.12. The molecule has 0 unspecified atom stereocenters. The van der Waals surface area contributed by atoms with E-state index in [9.17, 15) is 4.79 Å². The lowest BCUT2D eigenvalue weighted by Gasteiger charge is -2.20. The number of hydrogen-bond acceptors (Lipinski definition) is 3. The molecule has 1 aliphatic carbocycles. The fourth-order valence-electron chi connectivity index (χ4n) is 3.36. The van der Waals surface area contributed by atoms with E-state index in [4.69, 9.17) is 9.47 Å².